The summed E-state index contributed by atoms with van der Waals surface area (Å²) in [5.74, 6) is -0.989. The summed E-state index contributed by atoms with van der Waals surface area (Å²) in [5, 5.41) is 14.4. The molecule has 1 aliphatic carbocycles. The van der Waals surface area contributed by atoms with Crippen LogP contribution in [0.4, 0.5) is 0 Å². The SMILES string of the molecule is CNCC(=O)NCC1CCCC1C(=O)O. The predicted molar refractivity (Wildman–Crippen MR) is 55.4 cm³/mol. The molecule has 1 rings (SSSR count). The van der Waals surface area contributed by atoms with Gasteiger partial charge in [-0.15, -0.1) is 0 Å². The van der Waals surface area contributed by atoms with Gasteiger partial charge in [-0.25, -0.2) is 0 Å². The van der Waals surface area contributed by atoms with Crippen LogP contribution in [0.1, 0.15) is 19.3 Å². The van der Waals surface area contributed by atoms with Gasteiger partial charge in [-0.2, -0.15) is 0 Å². The molecule has 0 radical (unpaired) electrons. The summed E-state index contributed by atoms with van der Waals surface area (Å²) in [6, 6.07) is 0. The number of carboxylic acid groups (broad SMARTS) is 1. The maximum absolute atomic E-state index is 11.2. The van der Waals surface area contributed by atoms with Crippen LogP contribution in [0.25, 0.3) is 0 Å². The molecular weight excluding hydrogens is 196 g/mol. The van der Waals surface area contributed by atoms with E-state index in [1.807, 2.05) is 0 Å². The van der Waals surface area contributed by atoms with Crippen LogP contribution in [0.5, 0.6) is 0 Å². The minimum atomic E-state index is -0.736. The Labute approximate surface area is 89.2 Å². The molecule has 0 aromatic rings. The monoisotopic (exact) mass is 214 g/mol. The first-order valence-corrected chi connectivity index (χ1v) is 5.29. The number of hydrogen-bond donors (Lipinski definition) is 3. The van der Waals surface area contributed by atoms with Crippen molar-refractivity contribution in [1.82, 2.24) is 10.6 Å². The number of aliphatic carboxylic acids is 1. The van der Waals surface area contributed by atoms with Crippen molar-refractivity contribution in [2.24, 2.45) is 11.8 Å². The van der Waals surface area contributed by atoms with Gasteiger partial charge in [0.2, 0.25) is 5.91 Å². The third-order valence-corrected chi connectivity index (χ3v) is 2.88. The third kappa shape index (κ3) is 3.51. The van der Waals surface area contributed by atoms with Crippen LogP contribution in [-0.2, 0) is 9.59 Å². The van der Waals surface area contributed by atoms with Crippen LogP contribution >= 0.6 is 0 Å². The summed E-state index contributed by atoms with van der Waals surface area (Å²) in [6.45, 7) is 0.766. The van der Waals surface area contributed by atoms with E-state index in [-0.39, 0.29) is 24.3 Å². The van der Waals surface area contributed by atoms with E-state index in [2.05, 4.69) is 10.6 Å². The molecule has 3 N–H and O–H groups in total. The summed E-state index contributed by atoms with van der Waals surface area (Å²) in [7, 11) is 1.70. The lowest BCUT2D eigenvalue weighted by atomic mass is 9.96. The summed E-state index contributed by atoms with van der Waals surface area (Å²) in [6.07, 6.45) is 2.59. The average Bonchev–Trinajstić information content (AvgIpc) is 2.63. The molecule has 0 aromatic carbocycles. The molecule has 0 saturated heterocycles. The Hall–Kier alpha value is -1.10. The van der Waals surface area contributed by atoms with Gasteiger partial charge in [0.05, 0.1) is 12.5 Å². The average molecular weight is 214 g/mol. The summed E-state index contributed by atoms with van der Waals surface area (Å²) in [5.41, 5.74) is 0. The van der Waals surface area contributed by atoms with Crippen molar-refractivity contribution in [2.75, 3.05) is 20.1 Å². The standard InChI is InChI=1S/C10H18N2O3/c1-11-6-9(13)12-5-7-3-2-4-8(7)10(14)15/h7-8,11H,2-6H2,1H3,(H,12,13)(H,14,15). The Bertz CT molecular complexity index is 243. The molecule has 86 valence electrons. The van der Waals surface area contributed by atoms with Gasteiger partial charge < -0.3 is 15.7 Å². The van der Waals surface area contributed by atoms with Crippen molar-refractivity contribution in [2.45, 2.75) is 19.3 Å². The highest BCUT2D eigenvalue weighted by atomic mass is 16.4. The quantitative estimate of drug-likeness (QED) is 0.593. The number of hydrogen-bond acceptors (Lipinski definition) is 3. The number of amides is 1. The van der Waals surface area contributed by atoms with E-state index in [1.54, 1.807) is 7.05 Å². The second kappa shape index (κ2) is 5.70. The van der Waals surface area contributed by atoms with Crippen LogP contribution in [0.15, 0.2) is 0 Å². The molecule has 1 amide bonds. The number of nitrogens with one attached hydrogen (secondary N) is 2. The van der Waals surface area contributed by atoms with E-state index in [0.717, 1.165) is 19.3 Å². The number of likely N-dealkylation sites (N-methyl/N-ethyl adjacent to an activating group) is 1. The van der Waals surface area contributed by atoms with Gasteiger partial charge in [0.15, 0.2) is 0 Å². The molecule has 5 heteroatoms. The molecule has 1 fully saturated rings. The molecular formula is C10H18N2O3. The smallest absolute Gasteiger partial charge is 0.306 e. The van der Waals surface area contributed by atoms with Gasteiger partial charge >= 0.3 is 5.97 Å². The molecule has 15 heavy (non-hydrogen) atoms. The fourth-order valence-corrected chi connectivity index (χ4v) is 2.07. The van der Waals surface area contributed by atoms with Crippen molar-refractivity contribution < 1.29 is 14.7 Å². The van der Waals surface area contributed by atoms with Gasteiger partial charge in [-0.05, 0) is 25.8 Å². The van der Waals surface area contributed by atoms with Crippen molar-refractivity contribution in [3.63, 3.8) is 0 Å². The number of carbonyl (C=O) groups excluding carboxylic acids is 1. The van der Waals surface area contributed by atoms with Gasteiger partial charge in [0.25, 0.3) is 0 Å². The lowest BCUT2D eigenvalue weighted by molar-refractivity contribution is -0.143. The first kappa shape index (κ1) is 12.0. The van der Waals surface area contributed by atoms with Crippen LogP contribution in [0.3, 0.4) is 0 Å². The largest absolute Gasteiger partial charge is 0.481 e. The van der Waals surface area contributed by atoms with E-state index in [0.29, 0.717) is 6.54 Å². The minimum Gasteiger partial charge on any atom is -0.481 e. The fourth-order valence-electron chi connectivity index (χ4n) is 2.07. The Morgan fingerprint density at radius 1 is 1.40 bits per heavy atom. The Morgan fingerprint density at radius 2 is 2.13 bits per heavy atom. The Morgan fingerprint density at radius 3 is 2.73 bits per heavy atom. The molecule has 2 atom stereocenters. The molecule has 0 spiro atoms. The minimum absolute atomic E-state index is 0.0754. The zero-order chi connectivity index (χ0) is 11.3. The number of carboxylic acids is 1. The normalized spacial score (nSPS) is 25.1. The van der Waals surface area contributed by atoms with Crippen LogP contribution in [-0.4, -0.2) is 37.1 Å². The molecule has 0 aromatic heterocycles. The maximum Gasteiger partial charge on any atom is 0.306 e. The molecule has 5 nitrogen and oxygen atoms in total. The van der Waals surface area contributed by atoms with Crippen LogP contribution in [0.2, 0.25) is 0 Å². The highest BCUT2D eigenvalue weighted by Gasteiger charge is 2.32. The van der Waals surface area contributed by atoms with Gasteiger partial charge in [0, 0.05) is 6.54 Å². The summed E-state index contributed by atoms with van der Waals surface area (Å²) < 4.78 is 0. The van der Waals surface area contributed by atoms with Crippen molar-refractivity contribution in [3.05, 3.63) is 0 Å². The highest BCUT2D eigenvalue weighted by Crippen LogP contribution is 2.31. The molecule has 1 aliphatic rings. The zero-order valence-electron chi connectivity index (χ0n) is 8.95. The van der Waals surface area contributed by atoms with Crippen LogP contribution < -0.4 is 10.6 Å². The second-order valence-electron chi connectivity index (χ2n) is 3.97. The molecule has 0 aliphatic heterocycles. The van der Waals surface area contributed by atoms with E-state index >= 15 is 0 Å². The topological polar surface area (TPSA) is 78.4 Å². The lowest BCUT2D eigenvalue weighted by Crippen LogP contribution is -2.37. The Kier molecular flexibility index (Phi) is 4.55. The number of carbonyl (C=O) groups is 2. The first-order chi connectivity index (χ1) is 7.15. The third-order valence-electron chi connectivity index (χ3n) is 2.88. The molecule has 2 unspecified atom stereocenters. The van der Waals surface area contributed by atoms with Crippen molar-refractivity contribution in [1.29, 1.82) is 0 Å². The van der Waals surface area contributed by atoms with Crippen LogP contribution in [0, 0.1) is 11.8 Å². The summed E-state index contributed by atoms with van der Waals surface area (Å²) in [4.78, 5) is 22.0. The Balaban J connectivity index is 2.31. The predicted octanol–water partition coefficient (Wildman–Crippen LogP) is -0.177. The lowest BCUT2D eigenvalue weighted by Gasteiger charge is -2.16. The summed E-state index contributed by atoms with van der Waals surface area (Å²) >= 11 is 0. The van der Waals surface area contributed by atoms with E-state index < -0.39 is 5.97 Å². The van der Waals surface area contributed by atoms with Crippen molar-refractivity contribution >= 4 is 11.9 Å². The van der Waals surface area contributed by atoms with Gasteiger partial charge in [0.1, 0.15) is 0 Å². The molecule has 0 bridgehead atoms. The molecule has 0 heterocycles. The highest BCUT2D eigenvalue weighted by molar-refractivity contribution is 5.78. The fraction of sp³-hybridized carbons (Fsp3) is 0.800. The van der Waals surface area contributed by atoms with Crippen molar-refractivity contribution in [3.8, 4) is 0 Å². The second-order valence-corrected chi connectivity index (χ2v) is 3.97. The zero-order valence-corrected chi connectivity index (χ0v) is 8.95. The number of rotatable bonds is 5. The van der Waals surface area contributed by atoms with E-state index in [4.69, 9.17) is 5.11 Å². The van der Waals surface area contributed by atoms with E-state index in [9.17, 15) is 9.59 Å². The van der Waals surface area contributed by atoms with E-state index in [1.165, 1.54) is 0 Å². The molecule has 1 saturated carbocycles. The van der Waals surface area contributed by atoms with Gasteiger partial charge in [-0.3, -0.25) is 9.59 Å². The maximum atomic E-state index is 11.2. The van der Waals surface area contributed by atoms with Gasteiger partial charge in [-0.1, -0.05) is 6.42 Å². The first-order valence-electron chi connectivity index (χ1n) is 5.29.